The highest BCUT2D eigenvalue weighted by Crippen LogP contribution is 2.32. The highest BCUT2D eigenvalue weighted by atomic mass is 32.2. The van der Waals surface area contributed by atoms with E-state index in [1.807, 2.05) is 12.1 Å². The number of hydrogen-bond donors (Lipinski definition) is 1. The van der Waals surface area contributed by atoms with Gasteiger partial charge in [-0.25, -0.2) is 4.39 Å². The van der Waals surface area contributed by atoms with E-state index in [9.17, 15) is 4.39 Å². The standard InChI is InChI=1S/C17H20FN3S/c18-15-4-2-1-3-13(15)17-14-11-21(8-5-16(14)19-20-17)12-6-9-22-10-7-12/h1-4,12H,5-11H2,(H,19,20). The highest BCUT2D eigenvalue weighted by molar-refractivity contribution is 7.99. The van der Waals surface area contributed by atoms with Crippen molar-refractivity contribution in [2.75, 3.05) is 18.1 Å². The van der Waals surface area contributed by atoms with Crippen molar-refractivity contribution in [3.63, 3.8) is 0 Å². The van der Waals surface area contributed by atoms with Crippen LogP contribution in [0.5, 0.6) is 0 Å². The lowest BCUT2D eigenvalue weighted by Gasteiger charge is -2.36. The first-order chi connectivity index (χ1) is 10.8. The third-order valence-corrected chi connectivity index (χ3v) is 5.85. The Bertz CT molecular complexity index is 664. The molecule has 0 spiro atoms. The number of benzene rings is 1. The third-order valence-electron chi connectivity index (χ3n) is 4.80. The average Bonchev–Trinajstić information content (AvgIpc) is 2.99. The SMILES string of the molecule is Fc1ccccc1-c1n[nH]c2c1CN(C1CCSCC1)CC2. The van der Waals surface area contributed by atoms with Gasteiger partial charge >= 0.3 is 0 Å². The van der Waals surface area contributed by atoms with Crippen LogP contribution in [0.4, 0.5) is 4.39 Å². The van der Waals surface area contributed by atoms with Gasteiger partial charge in [0.15, 0.2) is 0 Å². The van der Waals surface area contributed by atoms with Crippen molar-refractivity contribution in [1.29, 1.82) is 0 Å². The van der Waals surface area contributed by atoms with E-state index < -0.39 is 0 Å². The summed E-state index contributed by atoms with van der Waals surface area (Å²) in [5, 5.41) is 7.54. The molecule has 0 radical (unpaired) electrons. The second-order valence-electron chi connectivity index (χ2n) is 6.07. The lowest BCUT2D eigenvalue weighted by Crippen LogP contribution is -2.41. The summed E-state index contributed by atoms with van der Waals surface area (Å²) in [5.74, 6) is 2.34. The summed E-state index contributed by atoms with van der Waals surface area (Å²) in [6.07, 6.45) is 3.53. The lowest BCUT2D eigenvalue weighted by atomic mass is 9.98. The largest absolute Gasteiger partial charge is 0.296 e. The Hall–Kier alpha value is -1.33. The molecule has 1 N–H and O–H groups in total. The van der Waals surface area contributed by atoms with Crippen molar-refractivity contribution in [2.24, 2.45) is 0 Å². The quantitative estimate of drug-likeness (QED) is 0.920. The number of hydrogen-bond acceptors (Lipinski definition) is 3. The highest BCUT2D eigenvalue weighted by Gasteiger charge is 2.28. The molecule has 2 aliphatic heterocycles. The maximum atomic E-state index is 14.1. The molecule has 0 atom stereocenters. The van der Waals surface area contributed by atoms with Crippen LogP contribution in [0.1, 0.15) is 24.1 Å². The molecule has 0 aliphatic carbocycles. The van der Waals surface area contributed by atoms with Crippen LogP contribution < -0.4 is 0 Å². The van der Waals surface area contributed by atoms with Gasteiger partial charge in [0.25, 0.3) is 0 Å². The van der Waals surface area contributed by atoms with Crippen molar-refractivity contribution in [1.82, 2.24) is 15.1 Å². The van der Waals surface area contributed by atoms with E-state index >= 15 is 0 Å². The molecule has 0 bridgehead atoms. The molecule has 3 heterocycles. The van der Waals surface area contributed by atoms with Crippen LogP contribution in [0.15, 0.2) is 24.3 Å². The summed E-state index contributed by atoms with van der Waals surface area (Å²) in [5.41, 5.74) is 3.78. The number of thioether (sulfide) groups is 1. The maximum Gasteiger partial charge on any atom is 0.132 e. The van der Waals surface area contributed by atoms with Crippen LogP contribution in [-0.4, -0.2) is 39.2 Å². The van der Waals surface area contributed by atoms with Crippen molar-refractivity contribution in [2.45, 2.75) is 31.8 Å². The van der Waals surface area contributed by atoms with Gasteiger partial charge in [-0.2, -0.15) is 16.9 Å². The molecule has 3 nitrogen and oxygen atoms in total. The third kappa shape index (κ3) is 2.57. The minimum atomic E-state index is -0.192. The fourth-order valence-corrected chi connectivity index (χ4v) is 4.64. The van der Waals surface area contributed by atoms with Gasteiger partial charge in [-0.15, -0.1) is 0 Å². The van der Waals surface area contributed by atoms with Crippen LogP contribution in [0.2, 0.25) is 0 Å². The molecule has 116 valence electrons. The molecule has 0 amide bonds. The summed E-state index contributed by atoms with van der Waals surface area (Å²) in [6.45, 7) is 1.98. The Morgan fingerprint density at radius 1 is 1.23 bits per heavy atom. The van der Waals surface area contributed by atoms with Crippen LogP contribution in [0.3, 0.4) is 0 Å². The fourth-order valence-electron chi connectivity index (χ4n) is 3.55. The second kappa shape index (κ2) is 6.05. The van der Waals surface area contributed by atoms with E-state index in [1.54, 1.807) is 6.07 Å². The summed E-state index contributed by atoms with van der Waals surface area (Å²) >= 11 is 2.06. The first kappa shape index (κ1) is 14.3. The van der Waals surface area contributed by atoms with Crippen LogP contribution >= 0.6 is 11.8 Å². The summed E-state index contributed by atoms with van der Waals surface area (Å²) < 4.78 is 14.1. The van der Waals surface area contributed by atoms with Gasteiger partial charge in [0.1, 0.15) is 5.82 Å². The number of fused-ring (bicyclic) bond motifs is 1. The molecule has 0 unspecified atom stereocenters. The number of nitrogens with one attached hydrogen (secondary N) is 1. The van der Waals surface area contributed by atoms with Crippen molar-refractivity contribution < 1.29 is 4.39 Å². The molecular weight excluding hydrogens is 297 g/mol. The van der Waals surface area contributed by atoms with Gasteiger partial charge in [-0.3, -0.25) is 10.00 Å². The predicted octanol–water partition coefficient (Wildman–Crippen LogP) is 3.47. The van der Waals surface area contributed by atoms with Gasteiger partial charge < -0.3 is 0 Å². The molecule has 1 aromatic heterocycles. The zero-order chi connectivity index (χ0) is 14.9. The van der Waals surface area contributed by atoms with Gasteiger partial charge in [0, 0.05) is 42.4 Å². The average molecular weight is 317 g/mol. The normalized spacial score (nSPS) is 20.0. The van der Waals surface area contributed by atoms with Crippen LogP contribution in [0, 0.1) is 5.82 Å². The molecule has 5 heteroatoms. The van der Waals surface area contributed by atoms with Gasteiger partial charge in [0.05, 0.1) is 5.69 Å². The Balaban J connectivity index is 1.63. The van der Waals surface area contributed by atoms with Crippen LogP contribution in [0.25, 0.3) is 11.3 Å². The molecule has 1 aromatic carbocycles. The minimum absolute atomic E-state index is 0.192. The molecule has 1 fully saturated rings. The lowest BCUT2D eigenvalue weighted by molar-refractivity contribution is 0.168. The minimum Gasteiger partial charge on any atom is -0.296 e. The summed E-state index contributed by atoms with van der Waals surface area (Å²) in [7, 11) is 0. The monoisotopic (exact) mass is 317 g/mol. The van der Waals surface area contributed by atoms with E-state index in [-0.39, 0.29) is 5.82 Å². The smallest absolute Gasteiger partial charge is 0.132 e. The number of aromatic nitrogens is 2. The molecular formula is C17H20FN3S. The Morgan fingerprint density at radius 2 is 2.05 bits per heavy atom. The zero-order valence-electron chi connectivity index (χ0n) is 12.5. The van der Waals surface area contributed by atoms with Gasteiger partial charge in [-0.05, 0) is 36.5 Å². The summed E-state index contributed by atoms with van der Waals surface area (Å²) in [4.78, 5) is 2.57. The van der Waals surface area contributed by atoms with Crippen molar-refractivity contribution in [3.8, 4) is 11.3 Å². The fraction of sp³-hybridized carbons (Fsp3) is 0.471. The first-order valence-corrected chi connectivity index (χ1v) is 9.11. The zero-order valence-corrected chi connectivity index (χ0v) is 13.3. The number of rotatable bonds is 2. The van der Waals surface area contributed by atoms with E-state index in [1.165, 1.54) is 41.7 Å². The number of nitrogens with zero attached hydrogens (tertiary/aromatic N) is 2. The van der Waals surface area contributed by atoms with Crippen LogP contribution in [-0.2, 0) is 13.0 Å². The molecule has 1 saturated heterocycles. The molecule has 2 aromatic rings. The molecule has 0 saturated carbocycles. The molecule has 22 heavy (non-hydrogen) atoms. The number of halogens is 1. The number of aromatic amines is 1. The van der Waals surface area contributed by atoms with E-state index in [4.69, 9.17) is 0 Å². The molecule has 2 aliphatic rings. The molecule has 4 rings (SSSR count). The van der Waals surface area contributed by atoms with Gasteiger partial charge in [0.2, 0.25) is 0 Å². The Labute approximate surface area is 134 Å². The number of H-pyrrole nitrogens is 1. The first-order valence-electron chi connectivity index (χ1n) is 7.96. The Kier molecular flexibility index (Phi) is 3.92. The summed E-state index contributed by atoms with van der Waals surface area (Å²) in [6, 6.07) is 7.61. The predicted molar refractivity (Wildman–Crippen MR) is 88.4 cm³/mol. The van der Waals surface area contributed by atoms with E-state index in [0.29, 0.717) is 11.6 Å². The second-order valence-corrected chi connectivity index (χ2v) is 7.30. The van der Waals surface area contributed by atoms with Gasteiger partial charge in [-0.1, -0.05) is 12.1 Å². The van der Waals surface area contributed by atoms with Crippen molar-refractivity contribution >= 4 is 11.8 Å². The topological polar surface area (TPSA) is 31.9 Å². The Morgan fingerprint density at radius 3 is 2.86 bits per heavy atom. The van der Waals surface area contributed by atoms with Crippen molar-refractivity contribution in [3.05, 3.63) is 41.3 Å². The van der Waals surface area contributed by atoms with E-state index in [0.717, 1.165) is 25.2 Å². The van der Waals surface area contributed by atoms with E-state index in [2.05, 4.69) is 26.9 Å². The maximum absolute atomic E-state index is 14.1.